The third-order valence-corrected chi connectivity index (χ3v) is 8.21. The van der Waals surface area contributed by atoms with Crippen molar-refractivity contribution in [3.8, 4) is 0 Å². The summed E-state index contributed by atoms with van der Waals surface area (Å²) in [4.78, 5) is 33.5. The summed E-state index contributed by atoms with van der Waals surface area (Å²) in [6.45, 7) is 15.1. The third-order valence-electron chi connectivity index (χ3n) is 4.72. The molecule has 0 aromatic heterocycles. The van der Waals surface area contributed by atoms with Crippen molar-refractivity contribution in [2.75, 3.05) is 24.6 Å². The van der Waals surface area contributed by atoms with Crippen LogP contribution in [0.5, 0.6) is 0 Å². The summed E-state index contributed by atoms with van der Waals surface area (Å²) < 4.78 is 90.4. The van der Waals surface area contributed by atoms with Gasteiger partial charge in [-0.25, -0.2) is 40.0 Å². The molecule has 280 valence electrons. The molecule has 2 rings (SSSR count). The Labute approximate surface area is 293 Å². The maximum atomic E-state index is 12.7. The van der Waals surface area contributed by atoms with Crippen LogP contribution in [-0.2, 0) is 38.6 Å². The first-order chi connectivity index (χ1) is 21.7. The Bertz CT molecular complexity index is 1520. The molecule has 0 aliphatic rings. The molecule has 0 fully saturated rings. The average molecular weight is 761 g/mol. The van der Waals surface area contributed by atoms with Crippen molar-refractivity contribution in [1.82, 2.24) is 5.32 Å². The normalized spacial score (nSPS) is 11.6. The molecule has 0 aliphatic carbocycles. The molecule has 18 heteroatoms. The van der Waals surface area contributed by atoms with Crippen LogP contribution in [0.4, 0.5) is 23.2 Å². The van der Waals surface area contributed by atoms with E-state index in [-0.39, 0.29) is 46.8 Å². The fraction of sp³-hybridized carbons (Fsp3) is 0.516. The molecule has 0 bridgehead atoms. The molecule has 0 saturated heterocycles. The van der Waals surface area contributed by atoms with E-state index in [2.05, 4.69) is 10.1 Å². The number of alkyl carbamates (subject to hydrolysis) is 1. The number of carbonyl (C=O) groups excluding carboxylic acids is 3. The molecule has 0 unspecified atom stereocenters. The second-order valence-electron chi connectivity index (χ2n) is 12.8. The zero-order chi connectivity index (χ0) is 37.6. The van der Waals surface area contributed by atoms with Crippen LogP contribution in [0.2, 0.25) is 0 Å². The van der Waals surface area contributed by atoms with Gasteiger partial charge in [0.2, 0.25) is 0 Å². The van der Waals surface area contributed by atoms with Crippen LogP contribution in [0.15, 0.2) is 58.3 Å². The van der Waals surface area contributed by atoms with Crippen LogP contribution < -0.4 is 11.1 Å². The number of hydrogen-bond acceptors (Lipinski definition) is 12. The first-order valence-corrected chi connectivity index (χ1v) is 17.7. The zero-order valence-electron chi connectivity index (χ0n) is 29.0. The number of halogens is 3. The van der Waals surface area contributed by atoms with E-state index >= 15 is 0 Å². The number of nitrogens with two attached hydrogens (primary N) is 1. The van der Waals surface area contributed by atoms with Gasteiger partial charge in [-0.1, -0.05) is 0 Å². The van der Waals surface area contributed by atoms with Crippen molar-refractivity contribution in [1.29, 1.82) is 0 Å². The number of carbonyl (C=O) groups is 3. The molecular weight excluding hydrogens is 714 g/mol. The van der Waals surface area contributed by atoms with E-state index in [0.717, 1.165) is 24.3 Å². The standard InChI is InChI=1S/C13H18FNO4S.C10H18O5.C8H10FNO2S.ClH/c1-13(2,3)19-12(16)15-8-9-20(17,18)11-6-4-10(14)5-7-11;1-9(2,3)14-7(11)13-8(12)15-10(4,5)6;9-7-1-3-8(4-2-7)13(11,12)6-5-10;/h4-7H,8-9H2,1-3H3,(H,15,16);1-6H3;1-4H,5-6,10H2;1H. The maximum Gasteiger partial charge on any atom is 0.519 e. The Hall–Kier alpha value is -3.54. The number of sulfone groups is 2. The Balaban J connectivity index is 0. The molecule has 13 nitrogen and oxygen atoms in total. The Morgan fingerprint density at radius 3 is 1.27 bits per heavy atom. The van der Waals surface area contributed by atoms with E-state index in [1.165, 1.54) is 24.3 Å². The quantitative estimate of drug-likeness (QED) is 0.145. The highest BCUT2D eigenvalue weighted by Crippen LogP contribution is 2.14. The minimum Gasteiger partial charge on any atom is -0.444 e. The molecule has 0 atom stereocenters. The third kappa shape index (κ3) is 23.5. The van der Waals surface area contributed by atoms with Crippen LogP contribution >= 0.6 is 12.4 Å². The van der Waals surface area contributed by atoms with Gasteiger partial charge in [-0.05, 0) is 111 Å². The van der Waals surface area contributed by atoms with Crippen molar-refractivity contribution < 1.29 is 58.9 Å². The SMILES string of the molecule is CC(C)(C)OC(=O)NCCS(=O)(=O)c1ccc(F)cc1.CC(C)(C)OC(=O)OC(=O)OC(C)(C)C.Cl.NCCS(=O)(=O)c1ccc(F)cc1. The summed E-state index contributed by atoms with van der Waals surface area (Å²) in [5, 5.41) is 2.36. The van der Waals surface area contributed by atoms with E-state index in [4.69, 9.17) is 19.9 Å². The molecule has 0 spiro atoms. The molecular formula is C31H47ClF2N2O11S2. The fourth-order valence-corrected chi connectivity index (χ4v) is 5.14. The van der Waals surface area contributed by atoms with Crippen molar-refractivity contribution in [3.05, 3.63) is 60.2 Å². The van der Waals surface area contributed by atoms with Gasteiger partial charge in [-0.2, -0.15) is 0 Å². The summed E-state index contributed by atoms with van der Waals surface area (Å²) in [6, 6.07) is 9.24. The summed E-state index contributed by atoms with van der Waals surface area (Å²) in [7, 11) is -6.87. The molecule has 3 N–H and O–H groups in total. The van der Waals surface area contributed by atoms with Gasteiger partial charge in [0.25, 0.3) is 0 Å². The highest BCUT2D eigenvalue weighted by molar-refractivity contribution is 7.91. The first kappa shape index (κ1) is 47.6. The molecule has 2 aromatic carbocycles. The molecule has 0 aliphatic heterocycles. The predicted molar refractivity (Wildman–Crippen MR) is 181 cm³/mol. The van der Waals surface area contributed by atoms with E-state index in [0.29, 0.717) is 0 Å². The summed E-state index contributed by atoms with van der Waals surface area (Å²) in [5.41, 5.74) is 3.10. The van der Waals surface area contributed by atoms with Gasteiger partial charge in [0, 0.05) is 13.1 Å². The van der Waals surface area contributed by atoms with Gasteiger partial charge >= 0.3 is 18.4 Å². The number of hydrogen-bond donors (Lipinski definition) is 2. The fourth-order valence-electron chi connectivity index (χ4n) is 2.89. The lowest BCUT2D eigenvalue weighted by Gasteiger charge is -2.20. The molecule has 1 amide bonds. The van der Waals surface area contributed by atoms with Gasteiger partial charge in [0.1, 0.15) is 28.4 Å². The Morgan fingerprint density at radius 2 is 0.959 bits per heavy atom. The van der Waals surface area contributed by atoms with Gasteiger partial charge in [-0.3, -0.25) is 0 Å². The zero-order valence-corrected chi connectivity index (χ0v) is 31.4. The van der Waals surface area contributed by atoms with Crippen molar-refractivity contribution in [2.24, 2.45) is 5.73 Å². The number of amides is 1. The molecule has 49 heavy (non-hydrogen) atoms. The maximum absolute atomic E-state index is 12.7. The lowest BCUT2D eigenvalue weighted by molar-refractivity contribution is -0.0294. The van der Waals surface area contributed by atoms with Crippen molar-refractivity contribution in [3.63, 3.8) is 0 Å². The van der Waals surface area contributed by atoms with Gasteiger partial charge in [0.05, 0.1) is 21.3 Å². The van der Waals surface area contributed by atoms with Crippen LogP contribution in [0, 0.1) is 11.6 Å². The summed E-state index contributed by atoms with van der Waals surface area (Å²) in [5.74, 6) is -1.35. The number of ether oxygens (including phenoxy) is 4. The predicted octanol–water partition coefficient (Wildman–Crippen LogP) is 5.98. The van der Waals surface area contributed by atoms with Gasteiger partial charge in [0.15, 0.2) is 19.7 Å². The summed E-state index contributed by atoms with van der Waals surface area (Å²) >= 11 is 0. The smallest absolute Gasteiger partial charge is 0.444 e. The first-order valence-electron chi connectivity index (χ1n) is 14.4. The number of nitrogens with one attached hydrogen (secondary N) is 1. The lowest BCUT2D eigenvalue weighted by Crippen LogP contribution is -2.35. The average Bonchev–Trinajstić information content (AvgIpc) is 2.86. The minimum atomic E-state index is -3.55. The van der Waals surface area contributed by atoms with Crippen molar-refractivity contribution >= 4 is 50.5 Å². The Kier molecular flexibility index (Phi) is 19.6. The highest BCUT2D eigenvalue weighted by atomic mass is 35.5. The van der Waals surface area contributed by atoms with Crippen molar-refractivity contribution in [2.45, 2.75) is 88.9 Å². The topological polar surface area (TPSA) is 194 Å². The molecule has 2 aromatic rings. The highest BCUT2D eigenvalue weighted by Gasteiger charge is 2.24. The van der Waals surface area contributed by atoms with E-state index in [1.54, 1.807) is 62.3 Å². The van der Waals surface area contributed by atoms with Crippen LogP contribution in [0.3, 0.4) is 0 Å². The Morgan fingerprint density at radius 1 is 0.633 bits per heavy atom. The van der Waals surface area contributed by atoms with E-state index < -0.39 is 66.5 Å². The van der Waals surface area contributed by atoms with Crippen LogP contribution in [-0.4, -0.2) is 76.6 Å². The summed E-state index contributed by atoms with van der Waals surface area (Å²) in [6.07, 6.45) is -2.79. The minimum absolute atomic E-state index is 0. The largest absolute Gasteiger partial charge is 0.519 e. The number of benzene rings is 2. The second-order valence-corrected chi connectivity index (χ2v) is 17.0. The molecule has 0 heterocycles. The van der Waals surface area contributed by atoms with E-state index in [9.17, 15) is 40.0 Å². The van der Waals surface area contributed by atoms with Gasteiger partial charge < -0.3 is 30.0 Å². The second kappa shape index (κ2) is 20.2. The van der Waals surface area contributed by atoms with Gasteiger partial charge in [-0.15, -0.1) is 12.4 Å². The van der Waals surface area contributed by atoms with Crippen LogP contribution in [0.25, 0.3) is 0 Å². The monoisotopic (exact) mass is 760 g/mol. The molecule has 0 saturated carbocycles. The van der Waals surface area contributed by atoms with Crippen LogP contribution in [0.1, 0.15) is 62.3 Å². The molecule has 0 radical (unpaired) electrons. The van der Waals surface area contributed by atoms with E-state index in [1.807, 2.05) is 0 Å². The number of rotatable bonds is 7. The lowest BCUT2D eigenvalue weighted by atomic mass is 10.2.